The van der Waals surface area contributed by atoms with E-state index in [1.54, 1.807) is 29.2 Å². The molecule has 1 saturated heterocycles. The number of carbonyl (C=O) groups is 1. The van der Waals surface area contributed by atoms with E-state index in [1.165, 1.54) is 30.4 Å². The molecule has 1 heterocycles. The molecule has 1 aliphatic rings. The number of amides is 1. The van der Waals surface area contributed by atoms with Crippen molar-refractivity contribution in [3.8, 4) is 5.75 Å². The van der Waals surface area contributed by atoms with Gasteiger partial charge in [0.2, 0.25) is 5.91 Å². The fourth-order valence-electron chi connectivity index (χ4n) is 5.13. The van der Waals surface area contributed by atoms with E-state index in [2.05, 4.69) is 29.2 Å². The van der Waals surface area contributed by atoms with Gasteiger partial charge in [-0.2, -0.15) is 0 Å². The molecule has 0 radical (unpaired) electrons. The fraction of sp³-hybridized carbons (Fsp3) is 0.219. The molecule has 4 aromatic rings. The Balaban J connectivity index is 1.35. The highest BCUT2D eigenvalue weighted by atomic mass is 32.2. The quantitative estimate of drug-likeness (QED) is 0.283. The summed E-state index contributed by atoms with van der Waals surface area (Å²) in [7, 11) is -2.63. The zero-order chi connectivity index (χ0) is 28.8. The SMILES string of the molecule is COc1ccc(N(CC(=O)N2CCN(C(c3ccccc3)c3ccccc3)CC2)S(=O)(=O)c2ccc(F)cc2)cc1. The van der Waals surface area contributed by atoms with E-state index < -0.39 is 15.8 Å². The van der Waals surface area contributed by atoms with Crippen LogP contribution in [0.4, 0.5) is 10.1 Å². The largest absolute Gasteiger partial charge is 0.497 e. The van der Waals surface area contributed by atoms with Crippen LogP contribution < -0.4 is 9.04 Å². The maximum atomic E-state index is 13.7. The first-order chi connectivity index (χ1) is 19.9. The topological polar surface area (TPSA) is 70.2 Å². The van der Waals surface area contributed by atoms with E-state index in [9.17, 15) is 17.6 Å². The molecule has 9 heteroatoms. The Labute approximate surface area is 240 Å². The second kappa shape index (κ2) is 12.5. The third-order valence-corrected chi connectivity index (χ3v) is 9.09. The molecule has 4 aromatic carbocycles. The molecule has 5 rings (SSSR count). The Hall–Kier alpha value is -4.21. The predicted octanol–water partition coefficient (Wildman–Crippen LogP) is 4.96. The smallest absolute Gasteiger partial charge is 0.264 e. The number of piperazine rings is 1. The Kier molecular flexibility index (Phi) is 8.66. The van der Waals surface area contributed by atoms with Gasteiger partial charge in [-0.05, 0) is 59.7 Å². The van der Waals surface area contributed by atoms with Crippen molar-refractivity contribution >= 4 is 21.6 Å². The predicted molar refractivity (Wildman–Crippen MR) is 157 cm³/mol. The number of hydrogen-bond acceptors (Lipinski definition) is 5. The minimum Gasteiger partial charge on any atom is -0.497 e. The van der Waals surface area contributed by atoms with Gasteiger partial charge in [0.05, 0.1) is 23.7 Å². The number of benzene rings is 4. The van der Waals surface area contributed by atoms with E-state index >= 15 is 0 Å². The number of sulfonamides is 1. The van der Waals surface area contributed by atoms with Crippen molar-refractivity contribution in [3.63, 3.8) is 0 Å². The number of rotatable bonds is 9. The van der Waals surface area contributed by atoms with E-state index in [-0.39, 0.29) is 23.4 Å². The van der Waals surface area contributed by atoms with Gasteiger partial charge in [-0.1, -0.05) is 60.7 Å². The number of hydrogen-bond donors (Lipinski definition) is 0. The molecule has 1 amide bonds. The summed E-state index contributed by atoms with van der Waals surface area (Å²) in [5, 5.41) is 0. The lowest BCUT2D eigenvalue weighted by atomic mass is 9.96. The summed E-state index contributed by atoms with van der Waals surface area (Å²) < 4.78 is 47.2. The average Bonchev–Trinajstić information content (AvgIpc) is 3.01. The zero-order valence-electron chi connectivity index (χ0n) is 22.8. The van der Waals surface area contributed by atoms with Gasteiger partial charge in [0.15, 0.2) is 0 Å². The lowest BCUT2D eigenvalue weighted by molar-refractivity contribution is -0.131. The van der Waals surface area contributed by atoms with E-state index in [0.29, 0.717) is 37.6 Å². The molecule has 0 bridgehead atoms. The van der Waals surface area contributed by atoms with Gasteiger partial charge in [-0.15, -0.1) is 0 Å². The van der Waals surface area contributed by atoms with Crippen LogP contribution >= 0.6 is 0 Å². The van der Waals surface area contributed by atoms with Gasteiger partial charge in [0.25, 0.3) is 10.0 Å². The summed E-state index contributed by atoms with van der Waals surface area (Å²) in [5.74, 6) is -0.290. The van der Waals surface area contributed by atoms with Crippen LogP contribution in [0.3, 0.4) is 0 Å². The second-order valence-corrected chi connectivity index (χ2v) is 11.7. The van der Waals surface area contributed by atoms with E-state index in [0.717, 1.165) is 16.4 Å². The van der Waals surface area contributed by atoms with Gasteiger partial charge in [-0.25, -0.2) is 12.8 Å². The van der Waals surface area contributed by atoms with Gasteiger partial charge in [-0.3, -0.25) is 14.0 Å². The first kappa shape index (κ1) is 28.3. The molecule has 0 aromatic heterocycles. The molecular weight excluding hydrogens is 541 g/mol. The zero-order valence-corrected chi connectivity index (χ0v) is 23.6. The third kappa shape index (κ3) is 6.42. The Morgan fingerprint density at radius 3 is 1.85 bits per heavy atom. The van der Waals surface area contributed by atoms with Crippen LogP contribution in [-0.4, -0.2) is 64.0 Å². The highest BCUT2D eigenvalue weighted by molar-refractivity contribution is 7.92. The third-order valence-electron chi connectivity index (χ3n) is 7.30. The second-order valence-electron chi connectivity index (χ2n) is 9.80. The number of ether oxygens (including phenoxy) is 1. The van der Waals surface area contributed by atoms with Crippen LogP contribution in [0.5, 0.6) is 5.75 Å². The summed E-state index contributed by atoms with van der Waals surface area (Å²) in [6, 6.07) is 31.7. The standard InChI is InChI=1S/C32H32FN3O4S/c1-40-29-16-14-28(15-17-29)36(41(38,39)30-18-12-27(33)13-19-30)24-31(37)34-20-22-35(23-21-34)32(25-8-4-2-5-9-25)26-10-6-3-7-11-26/h2-19,32H,20-24H2,1H3. The molecule has 0 atom stereocenters. The summed E-state index contributed by atoms with van der Waals surface area (Å²) >= 11 is 0. The number of nitrogens with zero attached hydrogens (tertiary/aromatic N) is 3. The molecule has 0 aliphatic carbocycles. The highest BCUT2D eigenvalue weighted by Crippen LogP contribution is 2.30. The average molecular weight is 574 g/mol. The number of methoxy groups -OCH3 is 1. The van der Waals surface area contributed by atoms with E-state index in [4.69, 9.17) is 4.74 Å². The van der Waals surface area contributed by atoms with Crippen LogP contribution in [0.1, 0.15) is 17.2 Å². The van der Waals surface area contributed by atoms with Crippen LogP contribution in [-0.2, 0) is 14.8 Å². The van der Waals surface area contributed by atoms with Crippen molar-refractivity contribution in [3.05, 3.63) is 126 Å². The molecule has 212 valence electrons. The summed E-state index contributed by atoms with van der Waals surface area (Å²) in [4.78, 5) is 17.5. The Morgan fingerprint density at radius 2 is 1.34 bits per heavy atom. The molecule has 7 nitrogen and oxygen atoms in total. The lowest BCUT2D eigenvalue weighted by Crippen LogP contribution is -2.52. The van der Waals surface area contributed by atoms with Crippen LogP contribution in [0.25, 0.3) is 0 Å². The molecule has 1 fully saturated rings. The summed E-state index contributed by atoms with van der Waals surface area (Å²) in [6.45, 7) is 1.80. The van der Waals surface area contributed by atoms with Crippen LogP contribution in [0.15, 0.2) is 114 Å². The number of halogens is 1. The number of anilines is 1. The van der Waals surface area contributed by atoms with Gasteiger partial charge in [0, 0.05) is 26.2 Å². The van der Waals surface area contributed by atoms with E-state index in [1.807, 2.05) is 36.4 Å². The van der Waals surface area contributed by atoms with Crippen molar-refractivity contribution in [2.45, 2.75) is 10.9 Å². The molecule has 1 aliphatic heterocycles. The van der Waals surface area contributed by atoms with Crippen LogP contribution in [0.2, 0.25) is 0 Å². The fourth-order valence-corrected chi connectivity index (χ4v) is 6.55. The molecule has 41 heavy (non-hydrogen) atoms. The van der Waals surface area contributed by atoms with Crippen molar-refractivity contribution in [2.75, 3.05) is 44.1 Å². The van der Waals surface area contributed by atoms with Crippen LogP contribution in [0, 0.1) is 5.82 Å². The maximum absolute atomic E-state index is 13.7. The molecule has 0 unspecified atom stereocenters. The molecule has 0 saturated carbocycles. The summed E-state index contributed by atoms with van der Waals surface area (Å²) in [6.07, 6.45) is 0. The van der Waals surface area contributed by atoms with Crippen molar-refractivity contribution in [2.24, 2.45) is 0 Å². The number of carbonyl (C=O) groups excluding carboxylic acids is 1. The summed E-state index contributed by atoms with van der Waals surface area (Å²) in [5.41, 5.74) is 2.67. The Bertz CT molecular complexity index is 1500. The van der Waals surface area contributed by atoms with Gasteiger partial charge in [0.1, 0.15) is 18.1 Å². The lowest BCUT2D eigenvalue weighted by Gasteiger charge is -2.40. The monoisotopic (exact) mass is 573 g/mol. The van der Waals surface area contributed by atoms with Crippen molar-refractivity contribution < 1.29 is 22.3 Å². The molecule has 0 spiro atoms. The highest BCUT2D eigenvalue weighted by Gasteiger charge is 2.32. The first-order valence-electron chi connectivity index (χ1n) is 13.4. The molecule has 0 N–H and O–H groups in total. The van der Waals surface area contributed by atoms with Crippen molar-refractivity contribution in [1.29, 1.82) is 0 Å². The normalized spacial score (nSPS) is 14.2. The van der Waals surface area contributed by atoms with Crippen molar-refractivity contribution in [1.82, 2.24) is 9.80 Å². The first-order valence-corrected chi connectivity index (χ1v) is 14.8. The minimum atomic E-state index is -4.15. The maximum Gasteiger partial charge on any atom is 0.264 e. The van der Waals surface area contributed by atoms with Gasteiger partial charge < -0.3 is 9.64 Å². The van der Waals surface area contributed by atoms with Gasteiger partial charge >= 0.3 is 0 Å². The molecular formula is C32H32FN3O4S. The Morgan fingerprint density at radius 1 is 0.805 bits per heavy atom. The minimum absolute atomic E-state index is 0.0457.